The molecule has 79 heavy (non-hydrogen) atoms. The largest absolute Gasteiger partial charge is 0.311 e. The second-order valence-corrected chi connectivity index (χ2v) is 20.4. The molecule has 0 fully saturated rings. The van der Waals surface area contributed by atoms with E-state index in [1.54, 1.807) is 0 Å². The highest BCUT2D eigenvalue weighted by atomic mass is 15.2. The molecule has 0 aliphatic heterocycles. The van der Waals surface area contributed by atoms with Crippen molar-refractivity contribution in [2.75, 3.05) is 19.6 Å². The predicted octanol–water partition coefficient (Wildman–Crippen LogP) is 21.3. The summed E-state index contributed by atoms with van der Waals surface area (Å²) in [5, 5.41) is 0. The van der Waals surface area contributed by atoms with Crippen molar-refractivity contribution in [3.05, 3.63) is 333 Å². The van der Waals surface area contributed by atoms with E-state index in [2.05, 4.69) is 361 Å². The van der Waals surface area contributed by atoms with Crippen molar-refractivity contribution in [2.24, 2.45) is 5.41 Å². The van der Waals surface area contributed by atoms with E-state index in [4.69, 9.17) is 0 Å². The van der Waals surface area contributed by atoms with Gasteiger partial charge in [-0.2, -0.15) is 0 Å². The van der Waals surface area contributed by atoms with Gasteiger partial charge < -0.3 is 19.6 Å². The normalized spacial score (nSPS) is 12.5. The molecule has 4 heteroatoms. The number of allylic oxidation sites excluding steroid dienone is 5. The molecular weight excluding hydrogens is 957 g/mol. The molecule has 0 atom stereocenters. The van der Waals surface area contributed by atoms with Gasteiger partial charge in [0, 0.05) is 73.7 Å². The van der Waals surface area contributed by atoms with Crippen molar-refractivity contribution in [1.82, 2.24) is 0 Å². The Hall–Kier alpha value is -10.2. The van der Waals surface area contributed by atoms with Gasteiger partial charge in [0.05, 0.1) is 0 Å². The van der Waals surface area contributed by atoms with Crippen LogP contribution in [0.2, 0.25) is 0 Å². The number of benzene rings is 11. The van der Waals surface area contributed by atoms with E-state index in [9.17, 15) is 0 Å². The van der Waals surface area contributed by atoms with Gasteiger partial charge >= 0.3 is 0 Å². The third-order valence-corrected chi connectivity index (χ3v) is 14.6. The average molecular weight is 1020 g/mol. The van der Waals surface area contributed by atoms with E-state index in [-0.39, 0.29) is 5.41 Å². The molecule has 0 saturated heterocycles. The Bertz CT molecular complexity index is 3800. The number of nitrogens with zero attached hydrogens (tertiary/aromatic N) is 4. The van der Waals surface area contributed by atoms with Crippen LogP contribution in [0.1, 0.15) is 13.8 Å². The van der Waals surface area contributed by atoms with E-state index < -0.39 is 0 Å². The highest BCUT2D eigenvalue weighted by molar-refractivity contribution is 5.84. The minimum Gasteiger partial charge on any atom is -0.311 e. The van der Waals surface area contributed by atoms with Crippen molar-refractivity contribution < 1.29 is 0 Å². The zero-order chi connectivity index (χ0) is 53.4. The summed E-state index contributed by atoms with van der Waals surface area (Å²) >= 11 is 0. The Balaban J connectivity index is 0.770. The number of rotatable bonds is 15. The SMILES string of the molecule is CC1(C)C=CC=C(N(c2ccccc2)c2ccc(-c3ccc(N(c4ccccc4)c4ccc(-c5ccc(N(c6ccccc6)c6ccc(-c7ccc(N(c8ccccc8)c8ccccc8)cc7)cc6)cc5)cc4)cc3)cc2)C=C1. The lowest BCUT2D eigenvalue weighted by atomic mass is 9.93. The zero-order valence-corrected chi connectivity index (χ0v) is 44.5. The number of para-hydroxylation sites is 5. The van der Waals surface area contributed by atoms with Crippen LogP contribution in [0.5, 0.6) is 0 Å². The lowest BCUT2D eigenvalue weighted by Gasteiger charge is -2.27. The molecule has 1 aliphatic carbocycles. The molecule has 11 aromatic rings. The fourth-order valence-electron chi connectivity index (χ4n) is 10.4. The van der Waals surface area contributed by atoms with Gasteiger partial charge in [0.15, 0.2) is 0 Å². The van der Waals surface area contributed by atoms with E-state index in [0.29, 0.717) is 0 Å². The first kappa shape index (κ1) is 49.7. The van der Waals surface area contributed by atoms with Gasteiger partial charge in [-0.3, -0.25) is 0 Å². The van der Waals surface area contributed by atoms with Gasteiger partial charge in [0.25, 0.3) is 0 Å². The Morgan fingerprint density at radius 2 is 0.418 bits per heavy atom. The molecule has 1 aliphatic rings. The Labute approximate surface area is 465 Å². The second kappa shape index (κ2) is 22.6. The lowest BCUT2D eigenvalue weighted by molar-refractivity contribution is 0.627. The van der Waals surface area contributed by atoms with Crippen molar-refractivity contribution in [2.45, 2.75) is 13.8 Å². The van der Waals surface area contributed by atoms with Crippen LogP contribution >= 0.6 is 0 Å². The standard InChI is InChI=1S/C75H60N4/c1-75(2)55-18-29-68(54-56-75)77(65-23-12-5-13-24-65)70-44-32-58(33-45-70)60-36-48-72(49-37-60)79(67-27-16-7-17-28-67)74-52-40-62(41-53-74)61-38-50-73(51-39-61)78(66-25-14-6-15-26-66)71-46-34-59(35-47-71)57-30-42-69(43-31-57)76(63-19-8-3-9-20-63)64-21-10-4-11-22-64/h3-56H,1-2H3. The summed E-state index contributed by atoms with van der Waals surface area (Å²) in [6, 6.07) is 106. The zero-order valence-electron chi connectivity index (χ0n) is 44.5. The molecule has 4 nitrogen and oxygen atoms in total. The highest BCUT2D eigenvalue weighted by Crippen LogP contribution is 2.41. The Morgan fingerprint density at radius 3 is 0.658 bits per heavy atom. The average Bonchev–Trinajstić information content (AvgIpc) is 3.72. The maximum Gasteiger partial charge on any atom is 0.0462 e. The molecule has 380 valence electrons. The topological polar surface area (TPSA) is 13.0 Å². The van der Waals surface area contributed by atoms with Crippen LogP contribution in [0.25, 0.3) is 33.4 Å². The smallest absolute Gasteiger partial charge is 0.0462 e. The minimum atomic E-state index is -0.0129. The Kier molecular flexibility index (Phi) is 14.2. The molecule has 0 unspecified atom stereocenters. The summed E-state index contributed by atoms with van der Waals surface area (Å²) in [6.07, 6.45) is 11.1. The molecule has 11 aromatic carbocycles. The molecule has 12 rings (SSSR count). The van der Waals surface area contributed by atoms with Crippen LogP contribution in [0.4, 0.5) is 62.6 Å². The summed E-state index contributed by atoms with van der Waals surface area (Å²) in [4.78, 5) is 9.26. The summed E-state index contributed by atoms with van der Waals surface area (Å²) in [5.74, 6) is 0. The molecule has 0 radical (unpaired) electrons. The van der Waals surface area contributed by atoms with Gasteiger partial charge in [-0.1, -0.05) is 196 Å². The van der Waals surface area contributed by atoms with Crippen LogP contribution in [0, 0.1) is 5.41 Å². The first-order valence-corrected chi connectivity index (χ1v) is 27.1. The molecule has 0 heterocycles. The first-order chi connectivity index (χ1) is 38.9. The summed E-state index contributed by atoms with van der Waals surface area (Å²) < 4.78 is 0. The molecular formula is C75H60N4. The number of hydrogen-bond donors (Lipinski definition) is 0. The molecule has 0 amide bonds. The van der Waals surface area contributed by atoms with Gasteiger partial charge in [0.2, 0.25) is 0 Å². The van der Waals surface area contributed by atoms with Crippen LogP contribution in [-0.2, 0) is 0 Å². The third kappa shape index (κ3) is 11.1. The summed E-state index contributed by atoms with van der Waals surface area (Å²) in [6.45, 7) is 4.46. The van der Waals surface area contributed by atoms with Crippen molar-refractivity contribution in [1.29, 1.82) is 0 Å². The van der Waals surface area contributed by atoms with Gasteiger partial charge in [-0.25, -0.2) is 0 Å². The van der Waals surface area contributed by atoms with E-state index in [1.165, 1.54) is 0 Å². The lowest BCUT2D eigenvalue weighted by Crippen LogP contribution is -2.15. The molecule has 0 aromatic heterocycles. The second-order valence-electron chi connectivity index (χ2n) is 20.4. The molecule has 0 bridgehead atoms. The predicted molar refractivity (Wildman–Crippen MR) is 336 cm³/mol. The number of hydrogen-bond acceptors (Lipinski definition) is 4. The van der Waals surface area contributed by atoms with Crippen LogP contribution in [-0.4, -0.2) is 0 Å². The Morgan fingerprint density at radius 1 is 0.215 bits per heavy atom. The van der Waals surface area contributed by atoms with Crippen LogP contribution < -0.4 is 19.6 Å². The van der Waals surface area contributed by atoms with E-state index in [1.807, 2.05) is 0 Å². The highest BCUT2D eigenvalue weighted by Gasteiger charge is 2.19. The van der Waals surface area contributed by atoms with Crippen LogP contribution in [0.3, 0.4) is 0 Å². The van der Waals surface area contributed by atoms with Crippen molar-refractivity contribution in [3.8, 4) is 33.4 Å². The summed E-state index contributed by atoms with van der Waals surface area (Å²) in [7, 11) is 0. The third-order valence-electron chi connectivity index (χ3n) is 14.6. The fourth-order valence-corrected chi connectivity index (χ4v) is 10.4. The van der Waals surface area contributed by atoms with Gasteiger partial charge in [-0.15, -0.1) is 0 Å². The van der Waals surface area contributed by atoms with Gasteiger partial charge in [-0.05, 0) is 179 Å². The minimum absolute atomic E-state index is 0.0129. The maximum absolute atomic E-state index is 2.32. The van der Waals surface area contributed by atoms with E-state index >= 15 is 0 Å². The van der Waals surface area contributed by atoms with E-state index in [0.717, 1.165) is 102 Å². The molecule has 0 saturated carbocycles. The van der Waals surface area contributed by atoms with Crippen LogP contribution in [0.15, 0.2) is 333 Å². The maximum atomic E-state index is 2.32. The van der Waals surface area contributed by atoms with Gasteiger partial charge in [0.1, 0.15) is 0 Å². The quantitative estimate of drug-likeness (QED) is 0.101. The molecule has 0 N–H and O–H groups in total. The fraction of sp³-hybridized carbons (Fsp3) is 0.0400. The van der Waals surface area contributed by atoms with Crippen molar-refractivity contribution >= 4 is 62.6 Å². The number of anilines is 11. The monoisotopic (exact) mass is 1020 g/mol. The summed E-state index contributed by atoms with van der Waals surface area (Å²) in [5.41, 5.74) is 20.2. The first-order valence-electron chi connectivity index (χ1n) is 27.1. The molecule has 0 spiro atoms. The van der Waals surface area contributed by atoms with Crippen molar-refractivity contribution in [3.63, 3.8) is 0 Å².